The van der Waals surface area contributed by atoms with E-state index >= 15 is 0 Å². The Morgan fingerprint density at radius 2 is 1.68 bits per heavy atom. The number of nitrogens with zero attached hydrogens (tertiary/aromatic N) is 3. The van der Waals surface area contributed by atoms with Crippen molar-refractivity contribution in [3.63, 3.8) is 0 Å². The second-order valence-electron chi connectivity index (χ2n) is 4.58. The van der Waals surface area contributed by atoms with Gasteiger partial charge in [-0.05, 0) is 36.4 Å². The third kappa shape index (κ3) is 3.17. The number of rotatable bonds is 4. The van der Waals surface area contributed by atoms with Gasteiger partial charge >= 0.3 is 0 Å². The summed E-state index contributed by atoms with van der Waals surface area (Å²) in [6.45, 7) is 0. The molecule has 0 aliphatic rings. The largest absolute Gasteiger partial charge is 0.357 e. The smallest absolute Gasteiger partial charge is 0.224 e. The maximum atomic E-state index is 13.0. The van der Waals surface area contributed by atoms with Gasteiger partial charge in [0.05, 0.1) is 5.69 Å². The molecule has 0 aliphatic heterocycles. The lowest BCUT2D eigenvalue weighted by Gasteiger charge is -2.10. The fraction of sp³-hybridized carbons (Fsp3) is 0.0625. The van der Waals surface area contributed by atoms with Crippen LogP contribution < -0.4 is 10.6 Å². The van der Waals surface area contributed by atoms with Crippen LogP contribution in [0.4, 0.5) is 21.8 Å². The number of benzene rings is 1. The summed E-state index contributed by atoms with van der Waals surface area (Å²) in [7, 11) is 1.76. The minimum atomic E-state index is -0.276. The van der Waals surface area contributed by atoms with Gasteiger partial charge in [0.2, 0.25) is 5.95 Å². The highest BCUT2D eigenvalue weighted by Gasteiger charge is 2.06. The molecule has 0 spiro atoms. The van der Waals surface area contributed by atoms with Crippen LogP contribution in [0.15, 0.2) is 54.9 Å². The first-order valence-electron chi connectivity index (χ1n) is 6.74. The van der Waals surface area contributed by atoms with Gasteiger partial charge in [-0.15, -0.1) is 0 Å². The van der Waals surface area contributed by atoms with Gasteiger partial charge in [-0.1, -0.05) is 0 Å². The Balaban J connectivity index is 1.95. The number of halogens is 1. The molecule has 0 saturated heterocycles. The molecule has 0 radical (unpaired) electrons. The van der Waals surface area contributed by atoms with Crippen LogP contribution in [0.2, 0.25) is 0 Å². The molecule has 0 fully saturated rings. The zero-order valence-electron chi connectivity index (χ0n) is 11.9. The molecule has 5 nitrogen and oxygen atoms in total. The van der Waals surface area contributed by atoms with E-state index in [0.717, 1.165) is 16.9 Å². The van der Waals surface area contributed by atoms with Crippen LogP contribution in [-0.4, -0.2) is 22.0 Å². The van der Waals surface area contributed by atoms with Crippen LogP contribution in [0.25, 0.3) is 11.3 Å². The van der Waals surface area contributed by atoms with E-state index < -0.39 is 0 Å². The molecular formula is C16H14FN5. The Kier molecular flexibility index (Phi) is 3.91. The number of pyridine rings is 1. The third-order valence-corrected chi connectivity index (χ3v) is 3.04. The van der Waals surface area contributed by atoms with E-state index in [0.29, 0.717) is 11.8 Å². The van der Waals surface area contributed by atoms with Crippen molar-refractivity contribution in [1.29, 1.82) is 0 Å². The van der Waals surface area contributed by atoms with Crippen molar-refractivity contribution < 1.29 is 4.39 Å². The first kappa shape index (κ1) is 13.9. The SMILES string of the molecule is CNc1nc(Nc2ccc(F)cc2)cc(-c2ccncc2)n1. The minimum absolute atomic E-state index is 0.276. The maximum Gasteiger partial charge on any atom is 0.224 e. The molecule has 22 heavy (non-hydrogen) atoms. The van der Waals surface area contributed by atoms with Crippen LogP contribution in [0.1, 0.15) is 0 Å². The Morgan fingerprint density at radius 3 is 2.36 bits per heavy atom. The number of aromatic nitrogens is 3. The average molecular weight is 295 g/mol. The van der Waals surface area contributed by atoms with E-state index in [1.807, 2.05) is 18.2 Å². The highest BCUT2D eigenvalue weighted by atomic mass is 19.1. The van der Waals surface area contributed by atoms with Gasteiger partial charge in [0.25, 0.3) is 0 Å². The molecule has 2 aromatic heterocycles. The lowest BCUT2D eigenvalue weighted by atomic mass is 10.2. The van der Waals surface area contributed by atoms with Gasteiger partial charge in [0, 0.05) is 36.8 Å². The molecule has 1 aromatic carbocycles. The zero-order valence-corrected chi connectivity index (χ0v) is 11.9. The van der Waals surface area contributed by atoms with Crippen molar-refractivity contribution >= 4 is 17.5 Å². The number of hydrogen-bond donors (Lipinski definition) is 2. The number of anilines is 3. The van der Waals surface area contributed by atoms with Crippen LogP contribution in [-0.2, 0) is 0 Å². The Labute approximate surface area is 127 Å². The van der Waals surface area contributed by atoms with Crippen LogP contribution in [0.5, 0.6) is 0 Å². The van der Waals surface area contributed by atoms with Crippen molar-refractivity contribution in [2.24, 2.45) is 0 Å². The molecule has 6 heteroatoms. The molecule has 0 saturated carbocycles. The van der Waals surface area contributed by atoms with Crippen LogP contribution in [0.3, 0.4) is 0 Å². The van der Waals surface area contributed by atoms with Crippen molar-refractivity contribution in [1.82, 2.24) is 15.0 Å². The topological polar surface area (TPSA) is 62.7 Å². The van der Waals surface area contributed by atoms with Gasteiger partial charge in [-0.3, -0.25) is 4.98 Å². The van der Waals surface area contributed by atoms with Crippen molar-refractivity contribution in [3.8, 4) is 11.3 Å². The van der Waals surface area contributed by atoms with Gasteiger partial charge in [-0.2, -0.15) is 4.98 Å². The van der Waals surface area contributed by atoms with Gasteiger partial charge < -0.3 is 10.6 Å². The summed E-state index contributed by atoms with van der Waals surface area (Å²) < 4.78 is 13.0. The van der Waals surface area contributed by atoms with E-state index in [-0.39, 0.29) is 5.82 Å². The molecule has 2 N–H and O–H groups in total. The second-order valence-corrected chi connectivity index (χ2v) is 4.58. The van der Waals surface area contributed by atoms with Gasteiger partial charge in [0.1, 0.15) is 11.6 Å². The predicted molar refractivity (Wildman–Crippen MR) is 84.5 cm³/mol. The van der Waals surface area contributed by atoms with Crippen LogP contribution >= 0.6 is 0 Å². The number of nitrogens with one attached hydrogen (secondary N) is 2. The summed E-state index contributed by atoms with van der Waals surface area (Å²) in [6, 6.07) is 11.7. The molecule has 0 amide bonds. The summed E-state index contributed by atoms with van der Waals surface area (Å²) in [4.78, 5) is 12.8. The van der Waals surface area contributed by atoms with Gasteiger partial charge in [0.15, 0.2) is 0 Å². The summed E-state index contributed by atoms with van der Waals surface area (Å²) in [5.41, 5.74) is 2.46. The molecule has 3 aromatic rings. The summed E-state index contributed by atoms with van der Waals surface area (Å²) in [5.74, 6) is 0.846. The first-order chi connectivity index (χ1) is 10.7. The molecular weight excluding hydrogens is 281 g/mol. The minimum Gasteiger partial charge on any atom is -0.357 e. The van der Waals surface area contributed by atoms with E-state index in [9.17, 15) is 4.39 Å². The van der Waals surface area contributed by atoms with Crippen molar-refractivity contribution in [3.05, 3.63) is 60.7 Å². The monoisotopic (exact) mass is 295 g/mol. The fourth-order valence-corrected chi connectivity index (χ4v) is 1.97. The van der Waals surface area contributed by atoms with E-state index in [1.54, 1.807) is 31.6 Å². The predicted octanol–water partition coefficient (Wildman–Crippen LogP) is 3.46. The molecule has 2 heterocycles. The summed E-state index contributed by atoms with van der Waals surface area (Å²) >= 11 is 0. The number of hydrogen-bond acceptors (Lipinski definition) is 5. The summed E-state index contributed by atoms with van der Waals surface area (Å²) in [5, 5.41) is 6.08. The molecule has 0 atom stereocenters. The highest BCUT2D eigenvalue weighted by Crippen LogP contribution is 2.23. The quantitative estimate of drug-likeness (QED) is 0.771. The second kappa shape index (κ2) is 6.17. The molecule has 3 rings (SSSR count). The standard InChI is InChI=1S/C16H14FN5/c1-18-16-21-14(11-6-8-19-9-7-11)10-15(22-16)20-13-4-2-12(17)3-5-13/h2-10H,1H3,(H2,18,20,21,22). The Hall–Kier alpha value is -3.02. The fourth-order valence-electron chi connectivity index (χ4n) is 1.97. The summed E-state index contributed by atoms with van der Waals surface area (Å²) in [6.07, 6.45) is 3.42. The molecule has 110 valence electrons. The Morgan fingerprint density at radius 1 is 0.955 bits per heavy atom. The first-order valence-corrected chi connectivity index (χ1v) is 6.74. The highest BCUT2D eigenvalue weighted by molar-refractivity contribution is 5.66. The third-order valence-electron chi connectivity index (χ3n) is 3.04. The average Bonchev–Trinajstić information content (AvgIpc) is 2.57. The molecule has 0 aliphatic carbocycles. The maximum absolute atomic E-state index is 13.0. The van der Waals surface area contributed by atoms with E-state index in [1.165, 1.54) is 12.1 Å². The molecule has 0 bridgehead atoms. The van der Waals surface area contributed by atoms with E-state index in [2.05, 4.69) is 25.6 Å². The zero-order chi connectivity index (χ0) is 15.4. The Bertz CT molecular complexity index is 759. The normalized spacial score (nSPS) is 10.3. The van der Waals surface area contributed by atoms with Crippen LogP contribution in [0, 0.1) is 5.82 Å². The lowest BCUT2D eigenvalue weighted by Crippen LogP contribution is -2.02. The lowest BCUT2D eigenvalue weighted by molar-refractivity contribution is 0.628. The van der Waals surface area contributed by atoms with Crippen molar-refractivity contribution in [2.45, 2.75) is 0 Å². The molecule has 0 unspecified atom stereocenters. The van der Waals surface area contributed by atoms with Gasteiger partial charge in [-0.25, -0.2) is 9.37 Å². The van der Waals surface area contributed by atoms with E-state index in [4.69, 9.17) is 0 Å². The van der Waals surface area contributed by atoms with Crippen molar-refractivity contribution in [2.75, 3.05) is 17.7 Å².